The maximum absolute atomic E-state index is 12.6. The van der Waals surface area contributed by atoms with Crippen LogP contribution < -0.4 is 30.5 Å². The predicted molar refractivity (Wildman–Crippen MR) is 270 cm³/mol. The summed E-state index contributed by atoms with van der Waals surface area (Å²) >= 11 is 28.5. The Morgan fingerprint density at radius 2 is 1.70 bits per heavy atom. The molecule has 1 aromatic heterocycles. The number of nitrogen functional groups attached to an aromatic ring is 1. The van der Waals surface area contributed by atoms with Crippen LogP contribution in [0.3, 0.4) is 0 Å². The summed E-state index contributed by atoms with van der Waals surface area (Å²) in [5, 5.41) is 23.5. The van der Waals surface area contributed by atoms with Gasteiger partial charge < -0.3 is 44.5 Å². The quantitative estimate of drug-likeness (QED) is 0.0324. The molecule has 1 aliphatic rings. The molecular formula is C42H54Cl5F3N7O11PS. The number of hydrogen-bond acceptors (Lipinski definition) is 12. The summed E-state index contributed by atoms with van der Waals surface area (Å²) in [7, 11) is -2.07. The van der Waals surface area contributed by atoms with Crippen LogP contribution in [0.2, 0.25) is 10.0 Å². The number of ether oxygens (including phenoxy) is 2. The highest BCUT2D eigenvalue weighted by atomic mass is 35.5. The Bertz CT molecular complexity index is 2390. The number of aromatic nitrogens is 2. The number of halogens is 8. The van der Waals surface area contributed by atoms with Crippen molar-refractivity contribution in [3.8, 4) is 11.4 Å². The lowest BCUT2D eigenvalue weighted by atomic mass is 10.0. The number of benzene rings is 3. The molecule has 5 N–H and O–H groups in total. The van der Waals surface area contributed by atoms with Gasteiger partial charge in [0.25, 0.3) is 5.91 Å². The number of nitrogens with zero attached hydrogens (tertiary/aromatic N) is 5. The number of rotatable bonds is 13. The van der Waals surface area contributed by atoms with E-state index in [1.165, 1.54) is 0 Å². The molecule has 5 rings (SSSR count). The summed E-state index contributed by atoms with van der Waals surface area (Å²) in [6.07, 6.45) is 2.97. The molecule has 390 valence electrons. The fourth-order valence-electron chi connectivity index (χ4n) is 5.97. The van der Waals surface area contributed by atoms with Gasteiger partial charge in [0.05, 0.1) is 82.2 Å². The van der Waals surface area contributed by atoms with E-state index in [0.29, 0.717) is 42.0 Å². The molecule has 0 aliphatic carbocycles. The van der Waals surface area contributed by atoms with Crippen LogP contribution in [0.5, 0.6) is 5.75 Å². The van der Waals surface area contributed by atoms with Gasteiger partial charge in [0.2, 0.25) is 11.7 Å². The van der Waals surface area contributed by atoms with Gasteiger partial charge >= 0.3 is 17.8 Å². The standard InChI is InChI=1S/C15H22ClNO2.C11H11Cl2NO2.C10H5Cl2F3N4O2.C3H8NO5P.C3H9S/c1-5-13-8-6-7-11(2)15(13)17(14(18)9-16)12(3)10-19-4;1-7-6-16-9-5-3-2-4-8(9)14(7)11(15)10(12)13;11-5-1-4(10(13,14)15)2-6(12)8(5)18-9(16)7(3-17-18)19(20)21;5-3(6)1-4-2-10(7,8)9;1-4(2)3/h6-8,12H,5,9-10H2,1-4H3;2-5,7,10H,6H2,1H3;1-3H,16H2;4H,1-2H2,(H,5,6)(H2,7,8,9);1-3H3/q;;;;+1/p-1. The minimum atomic E-state index is -4.63. The van der Waals surface area contributed by atoms with Gasteiger partial charge in [0, 0.05) is 7.11 Å². The van der Waals surface area contributed by atoms with Crippen molar-refractivity contribution < 1.29 is 61.4 Å². The summed E-state index contributed by atoms with van der Waals surface area (Å²) in [5.74, 6) is -1.31. The number of aliphatic carboxylic acids is 1. The third-order valence-electron chi connectivity index (χ3n) is 8.77. The van der Waals surface area contributed by atoms with Gasteiger partial charge in [-0.3, -0.25) is 29.8 Å². The van der Waals surface area contributed by atoms with Crippen LogP contribution in [-0.4, -0.2) is 117 Å². The van der Waals surface area contributed by atoms with Crippen molar-refractivity contribution >= 4 is 117 Å². The van der Waals surface area contributed by atoms with Crippen LogP contribution in [0.1, 0.15) is 37.5 Å². The van der Waals surface area contributed by atoms with Gasteiger partial charge in [-0.25, -0.2) is 4.68 Å². The lowest BCUT2D eigenvalue weighted by Crippen LogP contribution is -2.47. The van der Waals surface area contributed by atoms with Gasteiger partial charge in [-0.1, -0.05) is 83.7 Å². The second-order valence-electron chi connectivity index (χ2n) is 15.0. The molecule has 0 radical (unpaired) electrons. The van der Waals surface area contributed by atoms with E-state index in [0.717, 1.165) is 39.8 Å². The number of alkyl halides is 6. The Morgan fingerprint density at radius 3 is 2.16 bits per heavy atom. The van der Waals surface area contributed by atoms with Crippen molar-refractivity contribution in [2.24, 2.45) is 0 Å². The number of carboxylic acid groups (broad SMARTS) is 1. The topological polar surface area (TPSA) is 256 Å². The van der Waals surface area contributed by atoms with Gasteiger partial charge in [-0.05, 0) is 73.5 Å². The Kier molecular flexibility index (Phi) is 27.5. The number of carboxylic acids is 1. The molecule has 70 heavy (non-hydrogen) atoms. The van der Waals surface area contributed by atoms with E-state index < -0.39 is 59.4 Å². The SMILES string of the molecule is CC1COc2ccccc2N1C(=O)C(Cl)Cl.CCc1cccc(C)c1N(C(=O)CCl)C(C)COC.C[S+](C)C.Nc1c([N+](=O)[O-])cnn1-c1c(Cl)cc(C(F)(F)F)cc1Cl.O=C(O)CNCP(=O)([O-])O. The molecule has 3 atom stereocenters. The number of nitro groups is 1. The average Bonchev–Trinajstić information content (AvgIpc) is 3.63. The van der Waals surface area contributed by atoms with Crippen LogP contribution in [-0.2, 0) is 47.2 Å². The number of carbonyl (C=O) groups excluding carboxylic acids is 2. The summed E-state index contributed by atoms with van der Waals surface area (Å²) in [5.41, 5.74) is 7.71. The van der Waals surface area contributed by atoms with Crippen LogP contribution in [0.4, 0.5) is 36.1 Å². The lowest BCUT2D eigenvalue weighted by molar-refractivity contribution is -0.383. The van der Waals surface area contributed by atoms with Crippen LogP contribution in [0.15, 0.2) is 60.8 Å². The van der Waals surface area contributed by atoms with E-state index in [-0.39, 0.29) is 45.5 Å². The van der Waals surface area contributed by atoms with Gasteiger partial charge in [-0.2, -0.15) is 18.3 Å². The molecule has 2 heterocycles. The van der Waals surface area contributed by atoms with Gasteiger partial charge in [0.15, 0.2) is 4.84 Å². The molecule has 0 saturated carbocycles. The number of hydrogen-bond donors (Lipinski definition) is 4. The molecule has 0 saturated heterocycles. The third-order valence-corrected chi connectivity index (χ3v) is 10.6. The molecule has 0 fully saturated rings. The number of fused-ring (bicyclic) bond motifs is 1. The highest BCUT2D eigenvalue weighted by Gasteiger charge is 2.34. The second-order valence-corrected chi connectivity index (χ2v) is 21.2. The van der Waals surface area contributed by atoms with Crippen LogP contribution in [0.25, 0.3) is 5.69 Å². The summed E-state index contributed by atoms with van der Waals surface area (Å²) < 4.78 is 59.3. The maximum Gasteiger partial charge on any atom is 0.416 e. The van der Waals surface area contributed by atoms with E-state index in [1.54, 1.807) is 16.9 Å². The normalized spacial score (nSPS) is 14.1. The largest absolute Gasteiger partial charge is 0.778 e. The molecule has 28 heteroatoms. The second kappa shape index (κ2) is 30.1. The van der Waals surface area contributed by atoms with Gasteiger partial charge in [-0.15, -0.1) is 11.6 Å². The van der Waals surface area contributed by atoms with Crippen molar-refractivity contribution in [2.45, 2.75) is 57.2 Å². The minimum absolute atomic E-state index is 0.0223. The highest BCUT2D eigenvalue weighted by molar-refractivity contribution is 7.94. The molecule has 0 spiro atoms. The number of nitrogens with two attached hydrogens (primary N) is 1. The van der Waals surface area contributed by atoms with Crippen LogP contribution >= 0.6 is 65.6 Å². The average molecular weight is 1130 g/mol. The molecule has 0 bridgehead atoms. The molecule has 1 aliphatic heterocycles. The zero-order valence-corrected chi connectivity index (χ0v) is 44.5. The highest BCUT2D eigenvalue weighted by Crippen LogP contribution is 2.39. The molecule has 4 aromatic rings. The maximum atomic E-state index is 12.6. The number of carbonyl (C=O) groups is 3. The number of methoxy groups -OCH3 is 1. The smallest absolute Gasteiger partial charge is 0.416 e. The molecule has 2 amide bonds. The molecule has 3 unspecified atom stereocenters. The summed E-state index contributed by atoms with van der Waals surface area (Å²) in [6.45, 7) is 8.42. The van der Waals surface area contributed by atoms with E-state index >= 15 is 0 Å². The lowest BCUT2D eigenvalue weighted by Gasteiger charge is -2.35. The zero-order valence-electron chi connectivity index (χ0n) is 39.0. The number of anilines is 3. The van der Waals surface area contributed by atoms with Gasteiger partial charge in [0.1, 0.15) is 37.7 Å². The van der Waals surface area contributed by atoms with E-state index in [9.17, 15) is 47.1 Å². The van der Waals surface area contributed by atoms with Crippen molar-refractivity contribution in [1.82, 2.24) is 15.1 Å². The van der Waals surface area contributed by atoms with E-state index in [4.69, 9.17) is 83.2 Å². The molecule has 3 aromatic carbocycles. The Balaban J connectivity index is 0.000000466. The van der Waals surface area contributed by atoms with Crippen molar-refractivity contribution in [3.05, 3.63) is 97.6 Å². The fraction of sp³-hybridized carbons (Fsp3) is 0.429. The number of nitrogens with one attached hydrogen (secondary N) is 1. The molecule has 18 nitrogen and oxygen atoms in total. The number of amides is 2. The summed E-state index contributed by atoms with van der Waals surface area (Å²) in [6, 6.07) is 14.6. The first-order valence-electron chi connectivity index (χ1n) is 20.2. The number of aryl methyl sites for hydroxylation is 2. The predicted octanol–water partition coefficient (Wildman–Crippen LogP) is 8.11. The van der Waals surface area contributed by atoms with Crippen LogP contribution in [0, 0.1) is 17.0 Å². The first-order valence-corrected chi connectivity index (χ1v) is 26.6. The number of para-hydroxylation sites is 3. The van der Waals surface area contributed by atoms with Crippen molar-refractivity contribution in [2.75, 3.05) is 73.3 Å². The third kappa shape index (κ3) is 20.6. The molecular weight excluding hydrogens is 1080 g/mol. The Morgan fingerprint density at radius 1 is 1.13 bits per heavy atom. The zero-order chi connectivity index (χ0) is 53.8. The first-order chi connectivity index (χ1) is 32.4. The van der Waals surface area contributed by atoms with Crippen molar-refractivity contribution in [1.29, 1.82) is 0 Å². The van der Waals surface area contributed by atoms with Crippen molar-refractivity contribution in [3.63, 3.8) is 0 Å². The minimum Gasteiger partial charge on any atom is -0.778 e. The monoisotopic (exact) mass is 1130 g/mol. The Labute approximate surface area is 431 Å². The fourth-order valence-corrected chi connectivity index (χ4v) is 7.35. The van der Waals surface area contributed by atoms with E-state index in [1.807, 2.05) is 62.5 Å². The summed E-state index contributed by atoms with van der Waals surface area (Å²) in [4.78, 5) is 64.0. The van der Waals surface area contributed by atoms with E-state index in [2.05, 4.69) is 36.9 Å². The Hall–Kier alpha value is -4.06. The first kappa shape index (κ1) is 64.0.